The van der Waals surface area contributed by atoms with Gasteiger partial charge in [0.05, 0.1) is 30.5 Å². The van der Waals surface area contributed by atoms with Crippen LogP contribution in [0.5, 0.6) is 5.75 Å². The highest BCUT2D eigenvalue weighted by Gasteiger charge is 2.42. The van der Waals surface area contributed by atoms with Crippen LogP contribution >= 0.6 is 0 Å². The number of anilines is 1. The van der Waals surface area contributed by atoms with Crippen molar-refractivity contribution in [3.05, 3.63) is 23.8 Å². The predicted octanol–water partition coefficient (Wildman–Crippen LogP) is 2.00. The van der Waals surface area contributed by atoms with Crippen LogP contribution in [0.2, 0.25) is 0 Å². The largest absolute Gasteiger partial charge is 0.495 e. The maximum absolute atomic E-state index is 11.1. The highest BCUT2D eigenvalue weighted by atomic mass is 16.5. The number of hydrogen-bond donors (Lipinski definition) is 2. The second-order valence-electron chi connectivity index (χ2n) is 4.90. The van der Waals surface area contributed by atoms with E-state index in [0.717, 1.165) is 6.42 Å². The number of aromatic carboxylic acids is 1. The lowest BCUT2D eigenvalue weighted by Crippen LogP contribution is -2.56. The monoisotopic (exact) mass is 295 g/mol. The Labute approximate surface area is 124 Å². The highest BCUT2D eigenvalue weighted by molar-refractivity contribution is 5.89. The molecule has 1 aromatic rings. The summed E-state index contributed by atoms with van der Waals surface area (Å²) in [7, 11) is 3.20. The van der Waals surface area contributed by atoms with Gasteiger partial charge in [-0.3, -0.25) is 0 Å². The molecule has 1 aliphatic carbocycles. The maximum Gasteiger partial charge on any atom is 0.335 e. The van der Waals surface area contributed by atoms with E-state index >= 15 is 0 Å². The molecule has 1 saturated carbocycles. The second-order valence-corrected chi connectivity index (χ2v) is 4.90. The fourth-order valence-electron chi connectivity index (χ4n) is 2.57. The van der Waals surface area contributed by atoms with Crippen molar-refractivity contribution in [2.75, 3.05) is 26.1 Å². The summed E-state index contributed by atoms with van der Waals surface area (Å²) in [6.45, 7) is 2.60. The molecule has 1 aromatic carbocycles. The number of carbonyl (C=O) groups is 1. The SMILES string of the molecule is CCOC1CC(Nc2cc(C(=O)O)ccc2OC)C1OC. The van der Waals surface area contributed by atoms with Crippen LogP contribution in [0, 0.1) is 0 Å². The molecule has 0 heterocycles. The summed E-state index contributed by atoms with van der Waals surface area (Å²) in [6.07, 6.45) is 0.835. The average Bonchev–Trinajstić information content (AvgIpc) is 2.46. The molecule has 0 aromatic heterocycles. The van der Waals surface area contributed by atoms with E-state index < -0.39 is 5.97 Å². The zero-order valence-corrected chi connectivity index (χ0v) is 12.5. The van der Waals surface area contributed by atoms with Gasteiger partial charge in [-0.2, -0.15) is 0 Å². The van der Waals surface area contributed by atoms with Gasteiger partial charge in [-0.15, -0.1) is 0 Å². The molecule has 3 unspecified atom stereocenters. The molecular weight excluding hydrogens is 274 g/mol. The molecule has 6 nitrogen and oxygen atoms in total. The maximum atomic E-state index is 11.1. The van der Waals surface area contributed by atoms with Gasteiger partial charge in [0, 0.05) is 13.7 Å². The molecule has 1 aliphatic rings. The molecule has 6 heteroatoms. The van der Waals surface area contributed by atoms with Crippen LogP contribution in [0.15, 0.2) is 18.2 Å². The number of carboxylic acid groups (broad SMARTS) is 1. The van der Waals surface area contributed by atoms with Gasteiger partial charge < -0.3 is 24.6 Å². The van der Waals surface area contributed by atoms with E-state index in [0.29, 0.717) is 18.0 Å². The number of ether oxygens (including phenoxy) is 3. The van der Waals surface area contributed by atoms with Gasteiger partial charge >= 0.3 is 5.97 Å². The van der Waals surface area contributed by atoms with E-state index in [1.807, 2.05) is 6.92 Å². The van der Waals surface area contributed by atoms with Crippen molar-refractivity contribution >= 4 is 11.7 Å². The standard InChI is InChI=1S/C15H21NO5/c1-4-21-13-8-11(14(13)20-3)16-10-7-9(15(17)18)5-6-12(10)19-2/h5-7,11,13-14,16H,4,8H2,1-3H3,(H,17,18). The summed E-state index contributed by atoms with van der Waals surface area (Å²) in [4.78, 5) is 11.1. The van der Waals surface area contributed by atoms with Crippen molar-refractivity contribution in [2.24, 2.45) is 0 Å². The number of nitrogens with one attached hydrogen (secondary N) is 1. The Hall–Kier alpha value is -1.79. The first kappa shape index (κ1) is 15.6. The summed E-state index contributed by atoms with van der Waals surface area (Å²) in [5.74, 6) is -0.362. The number of hydrogen-bond acceptors (Lipinski definition) is 5. The Kier molecular flexibility index (Phi) is 5.03. The molecule has 0 aliphatic heterocycles. The van der Waals surface area contributed by atoms with Gasteiger partial charge in [-0.25, -0.2) is 4.79 Å². The Morgan fingerprint density at radius 1 is 1.43 bits per heavy atom. The van der Waals surface area contributed by atoms with Gasteiger partial charge in [0.2, 0.25) is 0 Å². The van der Waals surface area contributed by atoms with Crippen LogP contribution in [0.1, 0.15) is 23.7 Å². The Morgan fingerprint density at radius 2 is 2.19 bits per heavy atom. The minimum Gasteiger partial charge on any atom is -0.495 e. The van der Waals surface area contributed by atoms with Crippen molar-refractivity contribution in [1.82, 2.24) is 0 Å². The van der Waals surface area contributed by atoms with Crippen LogP contribution in [0.4, 0.5) is 5.69 Å². The number of carboxylic acids is 1. The second kappa shape index (κ2) is 6.78. The molecular formula is C15H21NO5. The number of methoxy groups -OCH3 is 2. The molecule has 0 radical (unpaired) electrons. The van der Waals surface area contributed by atoms with Gasteiger partial charge in [-0.05, 0) is 31.5 Å². The molecule has 116 valence electrons. The van der Waals surface area contributed by atoms with Gasteiger partial charge in [0.15, 0.2) is 0 Å². The molecule has 0 spiro atoms. The van der Waals surface area contributed by atoms with E-state index in [2.05, 4.69) is 5.32 Å². The van der Waals surface area contributed by atoms with E-state index in [1.165, 1.54) is 6.07 Å². The molecule has 0 amide bonds. The third-order valence-electron chi connectivity index (χ3n) is 3.69. The molecule has 2 rings (SSSR count). The topological polar surface area (TPSA) is 77.0 Å². The highest BCUT2D eigenvalue weighted by Crippen LogP contribution is 2.33. The molecule has 21 heavy (non-hydrogen) atoms. The predicted molar refractivity (Wildman–Crippen MR) is 78.2 cm³/mol. The Morgan fingerprint density at radius 3 is 2.76 bits per heavy atom. The zero-order valence-electron chi connectivity index (χ0n) is 12.5. The van der Waals surface area contributed by atoms with Crippen molar-refractivity contribution in [2.45, 2.75) is 31.6 Å². The van der Waals surface area contributed by atoms with E-state index in [1.54, 1.807) is 26.4 Å². The summed E-state index contributed by atoms with van der Waals surface area (Å²) < 4.78 is 16.3. The Balaban J connectivity index is 2.12. The molecule has 0 saturated heterocycles. The van der Waals surface area contributed by atoms with E-state index in [9.17, 15) is 4.79 Å². The van der Waals surface area contributed by atoms with Crippen molar-refractivity contribution in [1.29, 1.82) is 0 Å². The van der Waals surface area contributed by atoms with Crippen LogP contribution in [-0.2, 0) is 9.47 Å². The first-order valence-electron chi connectivity index (χ1n) is 6.93. The summed E-state index contributed by atoms with van der Waals surface area (Å²) in [5.41, 5.74) is 0.868. The first-order valence-corrected chi connectivity index (χ1v) is 6.93. The smallest absolute Gasteiger partial charge is 0.335 e. The zero-order chi connectivity index (χ0) is 15.4. The van der Waals surface area contributed by atoms with Crippen LogP contribution in [-0.4, -0.2) is 50.2 Å². The minimum absolute atomic E-state index is 0.0526. The minimum atomic E-state index is -0.968. The quantitative estimate of drug-likeness (QED) is 0.801. The summed E-state index contributed by atoms with van der Waals surface area (Å²) >= 11 is 0. The lowest BCUT2D eigenvalue weighted by Gasteiger charge is -2.43. The lowest BCUT2D eigenvalue weighted by molar-refractivity contribution is -0.118. The van der Waals surface area contributed by atoms with Crippen LogP contribution in [0.3, 0.4) is 0 Å². The third kappa shape index (κ3) is 3.28. The first-order chi connectivity index (χ1) is 10.1. The van der Waals surface area contributed by atoms with Crippen LogP contribution in [0.25, 0.3) is 0 Å². The van der Waals surface area contributed by atoms with E-state index in [4.69, 9.17) is 19.3 Å². The van der Waals surface area contributed by atoms with Gasteiger partial charge in [0.25, 0.3) is 0 Å². The summed E-state index contributed by atoms with van der Waals surface area (Å²) in [6, 6.07) is 4.81. The lowest BCUT2D eigenvalue weighted by atomic mass is 9.85. The number of rotatable bonds is 7. The fraction of sp³-hybridized carbons (Fsp3) is 0.533. The number of benzene rings is 1. The molecule has 3 atom stereocenters. The normalized spacial score (nSPS) is 24.2. The van der Waals surface area contributed by atoms with Crippen molar-refractivity contribution < 1.29 is 24.1 Å². The Bertz CT molecular complexity index is 505. The molecule has 0 bridgehead atoms. The fourth-order valence-corrected chi connectivity index (χ4v) is 2.57. The van der Waals surface area contributed by atoms with Crippen LogP contribution < -0.4 is 10.1 Å². The summed E-state index contributed by atoms with van der Waals surface area (Å²) in [5, 5.41) is 12.4. The van der Waals surface area contributed by atoms with Crippen molar-refractivity contribution in [3.8, 4) is 5.75 Å². The van der Waals surface area contributed by atoms with Gasteiger partial charge in [-0.1, -0.05) is 0 Å². The molecule has 2 N–H and O–H groups in total. The van der Waals surface area contributed by atoms with Crippen molar-refractivity contribution in [3.63, 3.8) is 0 Å². The third-order valence-corrected chi connectivity index (χ3v) is 3.69. The average molecular weight is 295 g/mol. The molecule has 1 fully saturated rings. The van der Waals surface area contributed by atoms with E-state index in [-0.39, 0.29) is 23.8 Å². The van der Waals surface area contributed by atoms with Gasteiger partial charge in [0.1, 0.15) is 11.9 Å².